The lowest BCUT2D eigenvalue weighted by Crippen LogP contribution is -2.23. The summed E-state index contributed by atoms with van der Waals surface area (Å²) in [6.07, 6.45) is 3.66. The SMILES string of the molecule is NC(=O)Nc1cccc(C(=O)NCc2ccc(Cn3cccn3)cc2)c1. The van der Waals surface area contributed by atoms with E-state index in [0.717, 1.165) is 11.1 Å². The van der Waals surface area contributed by atoms with E-state index < -0.39 is 6.03 Å². The molecule has 0 spiro atoms. The number of urea groups is 1. The Balaban J connectivity index is 1.56. The van der Waals surface area contributed by atoms with Gasteiger partial charge in [-0.25, -0.2) is 4.79 Å². The highest BCUT2D eigenvalue weighted by atomic mass is 16.2. The van der Waals surface area contributed by atoms with Crippen molar-refractivity contribution in [2.24, 2.45) is 5.73 Å². The molecular formula is C19H19N5O2. The monoisotopic (exact) mass is 349 g/mol. The molecule has 0 unspecified atom stereocenters. The Labute approximate surface area is 150 Å². The molecule has 0 aliphatic heterocycles. The largest absolute Gasteiger partial charge is 0.351 e. The Morgan fingerprint density at radius 2 is 1.81 bits per heavy atom. The summed E-state index contributed by atoms with van der Waals surface area (Å²) in [5.41, 5.74) is 8.14. The molecule has 4 N–H and O–H groups in total. The number of benzene rings is 2. The van der Waals surface area contributed by atoms with E-state index >= 15 is 0 Å². The first-order valence-electron chi connectivity index (χ1n) is 8.10. The first-order valence-corrected chi connectivity index (χ1v) is 8.10. The second-order valence-corrected chi connectivity index (χ2v) is 5.77. The summed E-state index contributed by atoms with van der Waals surface area (Å²) in [6, 6.07) is 15.8. The molecule has 0 atom stereocenters. The zero-order valence-corrected chi connectivity index (χ0v) is 14.1. The van der Waals surface area contributed by atoms with Gasteiger partial charge in [0.15, 0.2) is 0 Å². The first kappa shape index (κ1) is 17.2. The van der Waals surface area contributed by atoms with Crippen LogP contribution in [0, 0.1) is 0 Å². The molecule has 2 aromatic carbocycles. The number of anilines is 1. The molecular weight excluding hydrogens is 330 g/mol. The highest BCUT2D eigenvalue weighted by Gasteiger charge is 2.07. The highest BCUT2D eigenvalue weighted by molar-refractivity contribution is 5.96. The standard InChI is InChI=1S/C19H19N5O2/c20-19(26)23-17-4-1-3-16(11-17)18(25)21-12-14-5-7-15(8-6-14)13-24-10-2-9-22-24/h1-11H,12-13H2,(H,21,25)(H3,20,23,26). The van der Waals surface area contributed by atoms with Crippen molar-refractivity contribution in [3.63, 3.8) is 0 Å². The summed E-state index contributed by atoms with van der Waals surface area (Å²) < 4.78 is 1.85. The average Bonchev–Trinajstić information content (AvgIpc) is 3.13. The zero-order chi connectivity index (χ0) is 18.4. The molecule has 0 aliphatic carbocycles. The third kappa shape index (κ3) is 4.70. The highest BCUT2D eigenvalue weighted by Crippen LogP contribution is 2.11. The Morgan fingerprint density at radius 3 is 2.50 bits per heavy atom. The number of primary amides is 1. The van der Waals surface area contributed by atoms with E-state index in [4.69, 9.17) is 5.73 Å². The van der Waals surface area contributed by atoms with Crippen LogP contribution >= 0.6 is 0 Å². The molecule has 0 radical (unpaired) electrons. The summed E-state index contributed by atoms with van der Waals surface area (Å²) in [4.78, 5) is 23.2. The van der Waals surface area contributed by atoms with E-state index in [1.54, 1.807) is 30.5 Å². The second-order valence-electron chi connectivity index (χ2n) is 5.77. The van der Waals surface area contributed by atoms with E-state index in [-0.39, 0.29) is 5.91 Å². The topological polar surface area (TPSA) is 102 Å². The molecule has 0 saturated heterocycles. The van der Waals surface area contributed by atoms with Crippen LogP contribution in [0.3, 0.4) is 0 Å². The van der Waals surface area contributed by atoms with Crippen molar-refractivity contribution in [2.45, 2.75) is 13.1 Å². The van der Waals surface area contributed by atoms with Gasteiger partial charge in [0.2, 0.25) is 0 Å². The van der Waals surface area contributed by atoms with E-state index in [9.17, 15) is 9.59 Å². The van der Waals surface area contributed by atoms with Gasteiger partial charge in [-0.2, -0.15) is 5.10 Å². The summed E-state index contributed by atoms with van der Waals surface area (Å²) in [5.74, 6) is -0.223. The van der Waals surface area contributed by atoms with Gasteiger partial charge in [0.05, 0.1) is 6.54 Å². The van der Waals surface area contributed by atoms with Crippen molar-refractivity contribution in [3.05, 3.63) is 83.7 Å². The maximum atomic E-state index is 12.3. The normalized spacial score (nSPS) is 10.3. The predicted octanol–water partition coefficient (Wildman–Crippen LogP) is 2.35. The molecule has 1 aromatic heterocycles. The maximum absolute atomic E-state index is 12.3. The van der Waals surface area contributed by atoms with Crippen molar-refractivity contribution in [2.75, 3.05) is 5.32 Å². The number of nitrogens with two attached hydrogens (primary N) is 1. The number of nitrogens with one attached hydrogen (secondary N) is 2. The summed E-state index contributed by atoms with van der Waals surface area (Å²) in [7, 11) is 0. The van der Waals surface area contributed by atoms with Gasteiger partial charge in [0, 0.05) is 30.2 Å². The van der Waals surface area contributed by atoms with Gasteiger partial charge in [-0.3, -0.25) is 9.48 Å². The van der Waals surface area contributed by atoms with Crippen LogP contribution in [0.15, 0.2) is 67.0 Å². The molecule has 132 valence electrons. The number of rotatable bonds is 6. The zero-order valence-electron chi connectivity index (χ0n) is 14.1. The number of carbonyl (C=O) groups excluding carboxylic acids is 2. The minimum absolute atomic E-state index is 0.223. The van der Waals surface area contributed by atoms with Crippen LogP contribution in [-0.2, 0) is 13.1 Å². The Hall–Kier alpha value is -3.61. The Bertz CT molecular complexity index is 889. The molecule has 3 rings (SSSR count). The number of hydrogen-bond acceptors (Lipinski definition) is 3. The van der Waals surface area contributed by atoms with Gasteiger partial charge in [-0.15, -0.1) is 0 Å². The van der Waals surface area contributed by atoms with E-state index in [1.165, 1.54) is 0 Å². The maximum Gasteiger partial charge on any atom is 0.316 e. The minimum Gasteiger partial charge on any atom is -0.351 e. The predicted molar refractivity (Wildman–Crippen MR) is 98.6 cm³/mol. The number of nitrogens with zero attached hydrogens (tertiary/aromatic N) is 2. The number of amides is 3. The Morgan fingerprint density at radius 1 is 1.04 bits per heavy atom. The molecule has 0 bridgehead atoms. The van der Waals surface area contributed by atoms with Crippen molar-refractivity contribution in [1.82, 2.24) is 15.1 Å². The summed E-state index contributed by atoms with van der Waals surface area (Å²) >= 11 is 0. The minimum atomic E-state index is -0.669. The molecule has 26 heavy (non-hydrogen) atoms. The Kier molecular flexibility index (Phi) is 5.28. The van der Waals surface area contributed by atoms with E-state index in [0.29, 0.717) is 24.3 Å². The van der Waals surface area contributed by atoms with Crippen molar-refractivity contribution in [1.29, 1.82) is 0 Å². The van der Waals surface area contributed by atoms with Crippen LogP contribution in [-0.4, -0.2) is 21.7 Å². The average molecular weight is 349 g/mol. The summed E-state index contributed by atoms with van der Waals surface area (Å²) in [5, 5.41) is 9.49. The molecule has 0 fully saturated rings. The van der Waals surface area contributed by atoms with Crippen LogP contribution in [0.4, 0.5) is 10.5 Å². The van der Waals surface area contributed by atoms with Gasteiger partial charge in [0.1, 0.15) is 0 Å². The molecule has 7 heteroatoms. The van der Waals surface area contributed by atoms with Gasteiger partial charge < -0.3 is 16.4 Å². The molecule has 0 aliphatic rings. The van der Waals surface area contributed by atoms with Crippen LogP contribution in [0.25, 0.3) is 0 Å². The van der Waals surface area contributed by atoms with Crippen molar-refractivity contribution < 1.29 is 9.59 Å². The third-order valence-electron chi connectivity index (χ3n) is 3.77. The lowest BCUT2D eigenvalue weighted by atomic mass is 10.1. The summed E-state index contributed by atoms with van der Waals surface area (Å²) in [6.45, 7) is 1.12. The molecule has 7 nitrogen and oxygen atoms in total. The smallest absolute Gasteiger partial charge is 0.316 e. The molecule has 1 heterocycles. The van der Waals surface area contributed by atoms with Crippen molar-refractivity contribution >= 4 is 17.6 Å². The molecule has 3 aromatic rings. The van der Waals surface area contributed by atoms with E-state index in [2.05, 4.69) is 15.7 Å². The molecule has 3 amide bonds. The fourth-order valence-electron chi connectivity index (χ4n) is 2.51. The molecule has 0 saturated carbocycles. The van der Waals surface area contributed by atoms with Crippen LogP contribution in [0.1, 0.15) is 21.5 Å². The van der Waals surface area contributed by atoms with Gasteiger partial charge >= 0.3 is 6.03 Å². The fourth-order valence-corrected chi connectivity index (χ4v) is 2.51. The first-order chi connectivity index (χ1) is 12.6. The number of aromatic nitrogens is 2. The van der Waals surface area contributed by atoms with Crippen LogP contribution in [0.5, 0.6) is 0 Å². The second kappa shape index (κ2) is 7.98. The van der Waals surface area contributed by atoms with Gasteiger partial charge in [0.25, 0.3) is 5.91 Å². The third-order valence-corrected chi connectivity index (χ3v) is 3.77. The lowest BCUT2D eigenvalue weighted by Gasteiger charge is -2.08. The van der Waals surface area contributed by atoms with Crippen LogP contribution < -0.4 is 16.4 Å². The quantitative estimate of drug-likeness (QED) is 0.636. The fraction of sp³-hybridized carbons (Fsp3) is 0.105. The van der Waals surface area contributed by atoms with Crippen LogP contribution in [0.2, 0.25) is 0 Å². The number of hydrogen-bond donors (Lipinski definition) is 3. The van der Waals surface area contributed by atoms with Gasteiger partial charge in [-0.05, 0) is 35.4 Å². The number of carbonyl (C=O) groups is 2. The lowest BCUT2D eigenvalue weighted by molar-refractivity contribution is 0.0951. The van der Waals surface area contributed by atoms with E-state index in [1.807, 2.05) is 41.2 Å². The van der Waals surface area contributed by atoms with Crippen molar-refractivity contribution in [3.8, 4) is 0 Å². The van der Waals surface area contributed by atoms with Gasteiger partial charge in [-0.1, -0.05) is 30.3 Å².